The van der Waals surface area contributed by atoms with Crippen LogP contribution in [-0.2, 0) is 5.41 Å². The number of nitrogen functional groups attached to an aromatic ring is 1. The van der Waals surface area contributed by atoms with Crippen molar-refractivity contribution in [2.45, 2.75) is 26.2 Å². The molecule has 0 fully saturated rings. The molecule has 0 bridgehead atoms. The van der Waals surface area contributed by atoms with Crippen molar-refractivity contribution in [1.82, 2.24) is 19.7 Å². The fourth-order valence-corrected chi connectivity index (χ4v) is 3.60. The Hall–Kier alpha value is -5.38. The van der Waals surface area contributed by atoms with Crippen molar-refractivity contribution in [3.05, 3.63) is 65.9 Å². The highest BCUT2D eigenvalue weighted by molar-refractivity contribution is 5.99. The number of methoxy groups -OCH3 is 2. The molecule has 0 aliphatic rings. The molecule has 12 nitrogen and oxygen atoms in total. The fourth-order valence-electron chi connectivity index (χ4n) is 3.60. The van der Waals surface area contributed by atoms with Gasteiger partial charge in [0.15, 0.2) is 17.1 Å². The quantitative estimate of drug-likeness (QED) is 0.289. The second kappa shape index (κ2) is 11.2. The summed E-state index contributed by atoms with van der Waals surface area (Å²) in [5.41, 5.74) is 6.47. The van der Waals surface area contributed by atoms with Gasteiger partial charge in [-0.1, -0.05) is 20.8 Å². The molecule has 0 atom stereocenters. The largest absolute Gasteiger partial charge is 0.493 e. The average molecular weight is 547 g/mol. The van der Waals surface area contributed by atoms with Gasteiger partial charge in [-0.05, 0) is 24.3 Å². The molecule has 2 amide bonds. The van der Waals surface area contributed by atoms with Crippen LogP contribution in [0.1, 0.15) is 32.0 Å². The van der Waals surface area contributed by atoms with E-state index in [4.69, 9.17) is 19.9 Å². The van der Waals surface area contributed by atoms with E-state index in [1.807, 2.05) is 26.8 Å². The topological polar surface area (TPSA) is 162 Å². The summed E-state index contributed by atoms with van der Waals surface area (Å²) < 4.78 is 32.7. The third kappa shape index (κ3) is 5.86. The van der Waals surface area contributed by atoms with Gasteiger partial charge in [0.05, 0.1) is 31.3 Å². The first-order chi connectivity index (χ1) is 19.0. The number of anilines is 3. The molecule has 0 saturated heterocycles. The van der Waals surface area contributed by atoms with E-state index >= 15 is 0 Å². The molecule has 0 aliphatic heterocycles. The number of carbonyl (C=O) groups excluding carboxylic acids is 1. The Bertz CT molecular complexity index is 1610. The Morgan fingerprint density at radius 1 is 1.05 bits per heavy atom. The van der Waals surface area contributed by atoms with E-state index in [0.717, 1.165) is 12.4 Å². The van der Waals surface area contributed by atoms with Gasteiger partial charge in [-0.25, -0.2) is 23.8 Å². The smallest absolute Gasteiger partial charge is 0.324 e. The van der Waals surface area contributed by atoms with Crippen molar-refractivity contribution in [2.24, 2.45) is 0 Å². The van der Waals surface area contributed by atoms with Crippen LogP contribution in [0.3, 0.4) is 0 Å². The lowest BCUT2D eigenvalue weighted by atomic mass is 9.92. The highest BCUT2D eigenvalue weighted by atomic mass is 19.1. The van der Waals surface area contributed by atoms with Gasteiger partial charge < -0.3 is 25.3 Å². The summed E-state index contributed by atoms with van der Waals surface area (Å²) in [5.74, 6) is 0.448. The van der Waals surface area contributed by atoms with Crippen LogP contribution >= 0.6 is 0 Å². The number of halogens is 1. The van der Waals surface area contributed by atoms with Crippen molar-refractivity contribution >= 4 is 23.4 Å². The lowest BCUT2D eigenvalue weighted by Crippen LogP contribution is -2.22. The van der Waals surface area contributed by atoms with Crippen LogP contribution in [0.2, 0.25) is 0 Å². The number of urea groups is 1. The van der Waals surface area contributed by atoms with Gasteiger partial charge in [-0.15, -0.1) is 0 Å². The number of rotatable bonds is 7. The third-order valence-electron chi connectivity index (χ3n) is 5.69. The molecule has 13 heteroatoms. The Morgan fingerprint density at radius 3 is 2.45 bits per heavy atom. The lowest BCUT2D eigenvalue weighted by molar-refractivity contribution is 0.262. The zero-order valence-electron chi connectivity index (χ0n) is 22.4. The standard InChI is InChI=1S/C27H27FN8O4/c1-27(2,3)22-12-23(36(35-22)15-6-9-20(38-4)21(10-15)39-5)34-26(37)33-19-8-7-16(11-18(19)28)40-25-17(13-29)24(30)31-14-32-25/h6-12,14H,1-5H3,(H2,30,31,32)(H2,33,34,37). The van der Waals surface area contributed by atoms with E-state index < -0.39 is 11.8 Å². The van der Waals surface area contributed by atoms with E-state index in [2.05, 4.69) is 25.7 Å². The van der Waals surface area contributed by atoms with Crippen LogP contribution < -0.4 is 30.6 Å². The number of hydrogen-bond donors (Lipinski definition) is 3. The van der Waals surface area contributed by atoms with Gasteiger partial charge in [-0.2, -0.15) is 10.4 Å². The number of nitriles is 1. The molecule has 0 aliphatic carbocycles. The molecule has 0 saturated carbocycles. The van der Waals surface area contributed by atoms with E-state index in [0.29, 0.717) is 28.7 Å². The Labute approximate surface area is 229 Å². The minimum absolute atomic E-state index is 0.0411. The van der Waals surface area contributed by atoms with Gasteiger partial charge in [0.25, 0.3) is 0 Å². The van der Waals surface area contributed by atoms with Crippen molar-refractivity contribution < 1.29 is 23.4 Å². The maximum atomic E-state index is 14.9. The molecule has 0 unspecified atom stereocenters. The maximum Gasteiger partial charge on any atom is 0.324 e. The van der Waals surface area contributed by atoms with Crippen LogP contribution in [-0.4, -0.2) is 40.0 Å². The summed E-state index contributed by atoms with van der Waals surface area (Å²) in [6.07, 6.45) is 1.12. The minimum atomic E-state index is -0.781. The van der Waals surface area contributed by atoms with Crippen LogP contribution in [0.25, 0.3) is 5.69 Å². The average Bonchev–Trinajstić information content (AvgIpc) is 3.34. The molecular formula is C27H27FN8O4. The molecule has 4 aromatic rings. The summed E-state index contributed by atoms with van der Waals surface area (Å²) in [4.78, 5) is 20.5. The molecule has 206 valence electrons. The molecule has 2 heterocycles. The first-order valence-corrected chi connectivity index (χ1v) is 11.9. The molecule has 2 aromatic heterocycles. The number of nitrogens with two attached hydrogens (primary N) is 1. The maximum absolute atomic E-state index is 14.9. The normalized spacial score (nSPS) is 10.9. The summed E-state index contributed by atoms with van der Waals surface area (Å²) in [6, 6.07) is 11.9. The SMILES string of the molecule is COc1ccc(-n2nc(C(C)(C)C)cc2NC(=O)Nc2ccc(Oc3ncnc(N)c3C#N)cc2F)cc1OC. The Balaban J connectivity index is 1.56. The number of benzene rings is 2. The molecule has 2 aromatic carbocycles. The third-order valence-corrected chi connectivity index (χ3v) is 5.69. The van der Waals surface area contributed by atoms with Crippen LogP contribution in [0.15, 0.2) is 48.8 Å². The lowest BCUT2D eigenvalue weighted by Gasteiger charge is -2.14. The van der Waals surface area contributed by atoms with Gasteiger partial charge in [0.1, 0.15) is 35.6 Å². The summed E-state index contributed by atoms with van der Waals surface area (Å²) in [5, 5.41) is 19.1. The number of ether oxygens (including phenoxy) is 3. The zero-order valence-corrected chi connectivity index (χ0v) is 22.4. The summed E-state index contributed by atoms with van der Waals surface area (Å²) >= 11 is 0. The van der Waals surface area contributed by atoms with Crippen molar-refractivity contribution in [3.8, 4) is 34.9 Å². The Morgan fingerprint density at radius 2 is 1.80 bits per heavy atom. The minimum Gasteiger partial charge on any atom is -0.493 e. The second-order valence-electron chi connectivity index (χ2n) is 9.49. The number of amides is 2. The number of nitrogens with one attached hydrogen (secondary N) is 2. The highest BCUT2D eigenvalue weighted by Crippen LogP contribution is 2.32. The van der Waals surface area contributed by atoms with Crippen LogP contribution in [0.5, 0.6) is 23.1 Å². The first-order valence-electron chi connectivity index (χ1n) is 11.9. The van der Waals surface area contributed by atoms with Gasteiger partial charge >= 0.3 is 6.03 Å². The van der Waals surface area contributed by atoms with Crippen molar-refractivity contribution in [1.29, 1.82) is 5.26 Å². The summed E-state index contributed by atoms with van der Waals surface area (Å²) in [6.45, 7) is 5.98. The number of nitrogens with zero attached hydrogens (tertiary/aromatic N) is 5. The van der Waals surface area contributed by atoms with Crippen LogP contribution in [0.4, 0.5) is 26.5 Å². The monoisotopic (exact) mass is 546 g/mol. The number of aromatic nitrogens is 4. The first kappa shape index (κ1) is 27.6. The molecule has 4 N–H and O–H groups in total. The number of carbonyl (C=O) groups is 1. The van der Waals surface area contributed by atoms with E-state index in [1.165, 1.54) is 26.4 Å². The van der Waals surface area contributed by atoms with Gasteiger partial charge in [0.2, 0.25) is 5.88 Å². The number of hydrogen-bond acceptors (Lipinski definition) is 9. The summed E-state index contributed by atoms with van der Waals surface area (Å²) in [7, 11) is 3.06. The van der Waals surface area contributed by atoms with Gasteiger partial charge in [0, 0.05) is 23.6 Å². The predicted molar refractivity (Wildman–Crippen MR) is 146 cm³/mol. The van der Waals surface area contributed by atoms with E-state index in [-0.39, 0.29) is 34.1 Å². The molecule has 4 rings (SSSR count). The molecule has 0 spiro atoms. The highest BCUT2D eigenvalue weighted by Gasteiger charge is 2.22. The fraction of sp³-hybridized carbons (Fsp3) is 0.222. The second-order valence-corrected chi connectivity index (χ2v) is 9.49. The Kier molecular flexibility index (Phi) is 7.71. The van der Waals surface area contributed by atoms with Gasteiger partial charge in [-0.3, -0.25) is 5.32 Å². The predicted octanol–water partition coefficient (Wildman–Crippen LogP) is 5.01. The van der Waals surface area contributed by atoms with Crippen molar-refractivity contribution in [3.63, 3.8) is 0 Å². The van der Waals surface area contributed by atoms with E-state index in [9.17, 15) is 14.4 Å². The zero-order chi connectivity index (χ0) is 29.0. The molecule has 40 heavy (non-hydrogen) atoms. The molecular weight excluding hydrogens is 519 g/mol. The molecule has 0 radical (unpaired) electrons. The van der Waals surface area contributed by atoms with E-state index in [1.54, 1.807) is 28.9 Å². The van der Waals surface area contributed by atoms with Crippen molar-refractivity contribution in [2.75, 3.05) is 30.6 Å². The van der Waals surface area contributed by atoms with Crippen LogP contribution in [0, 0.1) is 17.1 Å².